The second-order valence-corrected chi connectivity index (χ2v) is 8.70. The Morgan fingerprint density at radius 2 is 2.08 bits per heavy atom. The van der Waals surface area contributed by atoms with Gasteiger partial charge in [0.25, 0.3) is 5.91 Å². The summed E-state index contributed by atoms with van der Waals surface area (Å²) < 4.78 is 36.2. The molecule has 0 bridgehead atoms. The third-order valence-corrected chi connectivity index (χ3v) is 5.37. The third-order valence-electron chi connectivity index (χ3n) is 4.68. The smallest absolute Gasteiger partial charge is 0.260 e. The third kappa shape index (κ3) is 4.93. The number of sulfonamides is 1. The van der Waals surface area contributed by atoms with Crippen LogP contribution in [0.5, 0.6) is 5.75 Å². The van der Waals surface area contributed by atoms with Crippen molar-refractivity contribution in [2.45, 2.75) is 18.4 Å². The van der Waals surface area contributed by atoms with Crippen molar-refractivity contribution in [2.24, 2.45) is 5.92 Å². The van der Waals surface area contributed by atoms with E-state index in [4.69, 9.17) is 9.47 Å². The molecule has 2 aliphatic heterocycles. The van der Waals surface area contributed by atoms with Gasteiger partial charge in [-0.15, -0.1) is 0 Å². The molecule has 138 valence electrons. The van der Waals surface area contributed by atoms with Gasteiger partial charge in [-0.05, 0) is 30.9 Å². The molecule has 0 unspecified atom stereocenters. The molecule has 0 radical (unpaired) electrons. The molecule has 1 aromatic carbocycles. The van der Waals surface area contributed by atoms with E-state index in [1.165, 1.54) is 0 Å². The molecule has 8 heteroatoms. The number of ether oxygens (including phenoxy) is 2. The SMILES string of the molecule is CS(=O)(=O)NC[C@H]1CCC2(CN(C(=O)COc3ccccc3)C2)OC1. The Labute approximate surface area is 148 Å². The van der Waals surface area contributed by atoms with Crippen LogP contribution in [0.25, 0.3) is 0 Å². The Kier molecular flexibility index (Phi) is 5.31. The summed E-state index contributed by atoms with van der Waals surface area (Å²) >= 11 is 0. The largest absolute Gasteiger partial charge is 0.484 e. The van der Waals surface area contributed by atoms with E-state index < -0.39 is 10.0 Å². The zero-order valence-corrected chi connectivity index (χ0v) is 15.1. The molecule has 2 heterocycles. The lowest BCUT2D eigenvalue weighted by molar-refractivity contribution is -0.189. The molecule has 1 amide bonds. The fourth-order valence-electron chi connectivity index (χ4n) is 3.18. The van der Waals surface area contributed by atoms with Gasteiger partial charge in [0.1, 0.15) is 11.4 Å². The average molecular weight is 368 g/mol. The van der Waals surface area contributed by atoms with Crippen LogP contribution >= 0.6 is 0 Å². The second-order valence-electron chi connectivity index (χ2n) is 6.87. The average Bonchev–Trinajstić information content (AvgIpc) is 2.56. The van der Waals surface area contributed by atoms with Gasteiger partial charge in [-0.1, -0.05) is 18.2 Å². The Morgan fingerprint density at radius 3 is 2.68 bits per heavy atom. The number of carbonyl (C=O) groups is 1. The Hall–Kier alpha value is -1.64. The van der Waals surface area contributed by atoms with E-state index in [2.05, 4.69) is 4.72 Å². The molecule has 1 aromatic rings. The molecule has 3 rings (SSSR count). The van der Waals surface area contributed by atoms with Gasteiger partial charge in [-0.3, -0.25) is 4.79 Å². The van der Waals surface area contributed by atoms with E-state index in [1.807, 2.05) is 30.3 Å². The Morgan fingerprint density at radius 1 is 1.36 bits per heavy atom. The highest BCUT2D eigenvalue weighted by Gasteiger charge is 2.48. The molecule has 0 aliphatic carbocycles. The molecule has 0 aromatic heterocycles. The number of amides is 1. The Balaban J connectivity index is 1.38. The number of likely N-dealkylation sites (tertiary alicyclic amines) is 1. The zero-order chi connectivity index (χ0) is 17.9. The van der Waals surface area contributed by atoms with Crippen LogP contribution in [0.1, 0.15) is 12.8 Å². The van der Waals surface area contributed by atoms with Crippen molar-refractivity contribution in [1.82, 2.24) is 9.62 Å². The van der Waals surface area contributed by atoms with Gasteiger partial charge in [0.05, 0.1) is 26.0 Å². The minimum atomic E-state index is -3.17. The summed E-state index contributed by atoms with van der Waals surface area (Å²) in [5.41, 5.74) is -0.260. The first kappa shape index (κ1) is 18.2. The summed E-state index contributed by atoms with van der Waals surface area (Å²) in [5.74, 6) is 0.826. The summed E-state index contributed by atoms with van der Waals surface area (Å²) in [4.78, 5) is 13.9. The van der Waals surface area contributed by atoms with Crippen LogP contribution in [0.3, 0.4) is 0 Å². The van der Waals surface area contributed by atoms with Crippen LogP contribution in [-0.4, -0.2) is 63.9 Å². The lowest BCUT2D eigenvalue weighted by atomic mass is 9.83. The predicted octanol–water partition coefficient (Wildman–Crippen LogP) is 0.622. The number of hydrogen-bond donors (Lipinski definition) is 1. The first-order valence-corrected chi connectivity index (χ1v) is 10.3. The minimum absolute atomic E-state index is 0.0288. The van der Waals surface area contributed by atoms with Gasteiger partial charge >= 0.3 is 0 Å². The number of nitrogens with one attached hydrogen (secondary N) is 1. The highest BCUT2D eigenvalue weighted by molar-refractivity contribution is 7.88. The lowest BCUT2D eigenvalue weighted by Gasteiger charge is -2.52. The van der Waals surface area contributed by atoms with Crippen LogP contribution < -0.4 is 9.46 Å². The molecule has 1 spiro atoms. The standard InChI is InChI=1S/C17H24N2O5S/c1-25(21,22)18-9-14-7-8-17(24-10-14)12-19(13-17)16(20)11-23-15-5-3-2-4-6-15/h2-6,14,18H,7-13H2,1H3/t14-/m1/s1. The van der Waals surface area contributed by atoms with E-state index in [0.29, 0.717) is 32.0 Å². The summed E-state index contributed by atoms with van der Waals surface area (Å²) in [5, 5.41) is 0. The fraction of sp³-hybridized carbons (Fsp3) is 0.588. The zero-order valence-electron chi connectivity index (χ0n) is 14.3. The van der Waals surface area contributed by atoms with Crippen molar-refractivity contribution in [2.75, 3.05) is 39.1 Å². The second kappa shape index (κ2) is 7.31. The molecule has 2 aliphatic rings. The highest BCUT2D eigenvalue weighted by Crippen LogP contribution is 2.35. The quantitative estimate of drug-likeness (QED) is 0.796. The van der Waals surface area contributed by atoms with Gasteiger partial charge in [-0.2, -0.15) is 0 Å². The molecule has 0 saturated carbocycles. The summed E-state index contributed by atoms with van der Waals surface area (Å²) in [6, 6.07) is 9.26. The summed E-state index contributed by atoms with van der Waals surface area (Å²) in [6.45, 7) is 2.11. The molecule has 2 saturated heterocycles. The van der Waals surface area contributed by atoms with Crippen molar-refractivity contribution < 1.29 is 22.7 Å². The maximum absolute atomic E-state index is 12.2. The summed E-state index contributed by atoms with van der Waals surface area (Å²) in [7, 11) is -3.17. The molecular weight excluding hydrogens is 344 g/mol. The number of rotatable bonds is 6. The number of nitrogens with zero attached hydrogens (tertiary/aromatic N) is 1. The predicted molar refractivity (Wildman–Crippen MR) is 92.8 cm³/mol. The first-order valence-electron chi connectivity index (χ1n) is 8.39. The van der Waals surface area contributed by atoms with Crippen LogP contribution in [-0.2, 0) is 19.6 Å². The fourth-order valence-corrected chi connectivity index (χ4v) is 3.71. The van der Waals surface area contributed by atoms with Crippen molar-refractivity contribution in [3.05, 3.63) is 30.3 Å². The van der Waals surface area contributed by atoms with Gasteiger partial charge in [0.15, 0.2) is 6.61 Å². The highest BCUT2D eigenvalue weighted by atomic mass is 32.2. The van der Waals surface area contributed by atoms with Gasteiger partial charge in [-0.25, -0.2) is 13.1 Å². The normalized spacial score (nSPS) is 22.4. The summed E-state index contributed by atoms with van der Waals surface area (Å²) in [6.07, 6.45) is 2.89. The maximum atomic E-state index is 12.2. The molecular formula is C17H24N2O5S. The van der Waals surface area contributed by atoms with Crippen molar-refractivity contribution >= 4 is 15.9 Å². The van der Waals surface area contributed by atoms with Gasteiger partial charge < -0.3 is 14.4 Å². The topological polar surface area (TPSA) is 84.9 Å². The number of para-hydroxylation sites is 1. The van der Waals surface area contributed by atoms with Crippen LogP contribution in [0, 0.1) is 5.92 Å². The maximum Gasteiger partial charge on any atom is 0.260 e. The van der Waals surface area contributed by atoms with E-state index >= 15 is 0 Å². The van der Waals surface area contributed by atoms with E-state index in [-0.39, 0.29) is 24.0 Å². The van der Waals surface area contributed by atoms with Crippen LogP contribution in [0.4, 0.5) is 0 Å². The van der Waals surface area contributed by atoms with Gasteiger partial charge in [0.2, 0.25) is 10.0 Å². The van der Waals surface area contributed by atoms with E-state index in [9.17, 15) is 13.2 Å². The van der Waals surface area contributed by atoms with Crippen molar-refractivity contribution in [1.29, 1.82) is 0 Å². The molecule has 25 heavy (non-hydrogen) atoms. The Bertz CT molecular complexity index is 691. The minimum Gasteiger partial charge on any atom is -0.484 e. The van der Waals surface area contributed by atoms with Crippen molar-refractivity contribution in [3.8, 4) is 5.75 Å². The van der Waals surface area contributed by atoms with Crippen LogP contribution in [0.15, 0.2) is 30.3 Å². The molecule has 7 nitrogen and oxygen atoms in total. The van der Waals surface area contributed by atoms with E-state index in [1.54, 1.807) is 4.90 Å². The number of benzene rings is 1. The van der Waals surface area contributed by atoms with Gasteiger partial charge in [0, 0.05) is 6.54 Å². The number of carbonyl (C=O) groups excluding carboxylic acids is 1. The number of hydrogen-bond acceptors (Lipinski definition) is 5. The molecule has 2 fully saturated rings. The van der Waals surface area contributed by atoms with E-state index in [0.717, 1.165) is 19.1 Å². The van der Waals surface area contributed by atoms with Crippen molar-refractivity contribution in [3.63, 3.8) is 0 Å². The molecule has 1 atom stereocenters. The molecule has 1 N–H and O–H groups in total. The first-order chi connectivity index (χ1) is 11.9. The van der Waals surface area contributed by atoms with Crippen LogP contribution in [0.2, 0.25) is 0 Å². The monoisotopic (exact) mass is 368 g/mol. The lowest BCUT2D eigenvalue weighted by Crippen LogP contribution is -2.67.